The first kappa shape index (κ1) is 23.1. The molecule has 37 heavy (non-hydrogen) atoms. The van der Waals surface area contributed by atoms with Crippen molar-refractivity contribution < 1.29 is 19.0 Å². The summed E-state index contributed by atoms with van der Waals surface area (Å²) in [6.45, 7) is 2.58. The maximum absolute atomic E-state index is 13.4. The van der Waals surface area contributed by atoms with Crippen molar-refractivity contribution >= 4 is 11.6 Å². The van der Waals surface area contributed by atoms with E-state index >= 15 is 0 Å². The number of carbonyl (C=O) groups excluding carboxylic acids is 1. The molecule has 0 fully saturated rings. The Morgan fingerprint density at radius 1 is 1.11 bits per heavy atom. The molecule has 1 amide bonds. The molecule has 10 heteroatoms. The summed E-state index contributed by atoms with van der Waals surface area (Å²) in [4.78, 5) is 28.8. The van der Waals surface area contributed by atoms with E-state index in [-0.39, 0.29) is 18.3 Å². The van der Waals surface area contributed by atoms with Crippen LogP contribution in [0.25, 0.3) is 5.65 Å². The first-order valence-corrected chi connectivity index (χ1v) is 12.1. The Kier molecular flexibility index (Phi) is 5.80. The number of hydrogen-bond acceptors (Lipinski definition) is 7. The molecule has 190 valence electrons. The van der Waals surface area contributed by atoms with Crippen LogP contribution in [0.4, 0.5) is 0 Å². The minimum atomic E-state index is -0.292. The highest BCUT2D eigenvalue weighted by atomic mass is 16.7. The number of ether oxygens (including phenoxy) is 3. The summed E-state index contributed by atoms with van der Waals surface area (Å²) in [6.07, 6.45) is 2.17. The molecule has 1 N–H and O–H groups in total. The Morgan fingerprint density at radius 2 is 1.89 bits per heavy atom. The summed E-state index contributed by atoms with van der Waals surface area (Å²) in [5, 5.41) is 7.22. The van der Waals surface area contributed by atoms with E-state index in [2.05, 4.69) is 15.3 Å². The highest BCUT2D eigenvalue weighted by Crippen LogP contribution is 2.32. The van der Waals surface area contributed by atoms with Gasteiger partial charge in [-0.2, -0.15) is 9.61 Å². The molecular weight excluding hydrogens is 474 g/mol. The monoisotopic (exact) mass is 501 g/mol. The lowest BCUT2D eigenvalue weighted by atomic mass is 10.1. The van der Waals surface area contributed by atoms with E-state index in [9.17, 15) is 9.59 Å². The molecule has 2 aromatic heterocycles. The molecule has 6 rings (SSSR count). The third kappa shape index (κ3) is 4.19. The van der Waals surface area contributed by atoms with Crippen LogP contribution in [0.5, 0.6) is 17.2 Å². The van der Waals surface area contributed by atoms with E-state index in [1.807, 2.05) is 54.1 Å². The molecule has 2 aliphatic heterocycles. The topological polar surface area (TPSA) is 99.3 Å². The maximum Gasteiger partial charge on any atom is 0.279 e. The molecule has 4 aromatic rings. The van der Waals surface area contributed by atoms with E-state index in [4.69, 9.17) is 14.2 Å². The van der Waals surface area contributed by atoms with Gasteiger partial charge in [-0.05, 0) is 35.4 Å². The molecular formula is C27H27N5O5. The smallest absolute Gasteiger partial charge is 0.279 e. The summed E-state index contributed by atoms with van der Waals surface area (Å²) in [5.74, 6) is 1.89. The fourth-order valence-corrected chi connectivity index (χ4v) is 5.05. The first-order valence-electron chi connectivity index (χ1n) is 12.1. The van der Waals surface area contributed by atoms with E-state index in [1.165, 1.54) is 10.7 Å². The van der Waals surface area contributed by atoms with Crippen LogP contribution in [0.1, 0.15) is 32.7 Å². The fraction of sp³-hybridized carbons (Fsp3) is 0.296. The molecule has 2 aliphatic rings. The second-order valence-corrected chi connectivity index (χ2v) is 9.26. The van der Waals surface area contributed by atoms with E-state index in [0.29, 0.717) is 47.8 Å². The lowest BCUT2D eigenvalue weighted by Crippen LogP contribution is -2.38. The van der Waals surface area contributed by atoms with Gasteiger partial charge in [-0.25, -0.2) is 0 Å². The number of benzene rings is 2. The van der Waals surface area contributed by atoms with Gasteiger partial charge < -0.3 is 24.1 Å². The number of methoxy groups -OCH3 is 1. The third-order valence-corrected chi connectivity index (χ3v) is 7.01. The van der Waals surface area contributed by atoms with Gasteiger partial charge in [-0.1, -0.05) is 18.2 Å². The molecule has 4 heterocycles. The largest absolute Gasteiger partial charge is 0.497 e. The van der Waals surface area contributed by atoms with Gasteiger partial charge in [0, 0.05) is 45.3 Å². The van der Waals surface area contributed by atoms with Crippen LogP contribution >= 0.6 is 0 Å². The molecule has 0 unspecified atom stereocenters. The predicted molar refractivity (Wildman–Crippen MR) is 135 cm³/mol. The molecule has 0 bridgehead atoms. The Morgan fingerprint density at radius 3 is 2.70 bits per heavy atom. The van der Waals surface area contributed by atoms with Crippen LogP contribution in [0.15, 0.2) is 53.5 Å². The van der Waals surface area contributed by atoms with Gasteiger partial charge in [-0.3, -0.25) is 14.5 Å². The highest BCUT2D eigenvalue weighted by Gasteiger charge is 2.26. The van der Waals surface area contributed by atoms with Crippen LogP contribution < -0.4 is 25.1 Å². The average molecular weight is 502 g/mol. The number of fused-ring (bicyclic) bond motifs is 3. The van der Waals surface area contributed by atoms with Crippen LogP contribution in [0, 0.1) is 0 Å². The predicted octanol–water partition coefficient (Wildman–Crippen LogP) is 2.26. The number of aromatic nitrogens is 3. The normalized spacial score (nSPS) is 14.5. The molecule has 0 aliphatic carbocycles. The number of amides is 1. The Bertz CT molecular complexity index is 1560. The Balaban J connectivity index is 1.22. The van der Waals surface area contributed by atoms with E-state index < -0.39 is 0 Å². The minimum Gasteiger partial charge on any atom is -0.497 e. The standard InChI is InChI=1S/C27H27N5O5/c1-30-22-9-10-31(14-17-3-6-19(35-2)7-4-17)15-21(22)27(34)32-26(30)20(13-29-32)25(33)28-12-18-5-8-23-24(11-18)37-16-36-23/h3-8,11,13H,9-10,12,14-16H2,1-2H3,(H,28,33). The quantitative estimate of drug-likeness (QED) is 0.433. The number of carbonyl (C=O) groups is 1. The molecule has 10 nitrogen and oxygen atoms in total. The zero-order chi connectivity index (χ0) is 25.5. The van der Waals surface area contributed by atoms with E-state index in [0.717, 1.165) is 35.7 Å². The van der Waals surface area contributed by atoms with Crippen molar-refractivity contribution in [3.8, 4) is 17.2 Å². The lowest BCUT2D eigenvalue weighted by Gasteiger charge is -2.30. The summed E-state index contributed by atoms with van der Waals surface area (Å²) in [5.41, 5.74) is 4.37. The zero-order valence-electron chi connectivity index (χ0n) is 20.7. The summed E-state index contributed by atoms with van der Waals surface area (Å²) < 4.78 is 19.3. The van der Waals surface area contributed by atoms with Gasteiger partial charge in [0.15, 0.2) is 17.1 Å². The number of hydrogen-bond donors (Lipinski definition) is 1. The molecule has 0 spiro atoms. The Hall–Kier alpha value is -4.31. The number of aryl methyl sites for hydroxylation is 1. The summed E-state index contributed by atoms with van der Waals surface area (Å²) >= 11 is 0. The van der Waals surface area contributed by atoms with Crippen LogP contribution in [-0.2, 0) is 33.1 Å². The minimum absolute atomic E-state index is 0.183. The second kappa shape index (κ2) is 9.29. The Labute approximate surface area is 213 Å². The summed E-state index contributed by atoms with van der Waals surface area (Å²) in [7, 11) is 3.54. The van der Waals surface area contributed by atoms with Gasteiger partial charge in [-0.15, -0.1) is 0 Å². The number of nitrogens with zero attached hydrogens (tertiary/aromatic N) is 4. The number of nitrogens with one attached hydrogen (secondary N) is 1. The maximum atomic E-state index is 13.4. The van der Waals surface area contributed by atoms with Gasteiger partial charge in [0.2, 0.25) is 6.79 Å². The van der Waals surface area contributed by atoms with Crippen molar-refractivity contribution in [2.45, 2.75) is 26.1 Å². The van der Waals surface area contributed by atoms with Crippen molar-refractivity contribution in [1.29, 1.82) is 0 Å². The second-order valence-electron chi connectivity index (χ2n) is 9.26. The van der Waals surface area contributed by atoms with Crippen LogP contribution in [0.2, 0.25) is 0 Å². The van der Waals surface area contributed by atoms with Gasteiger partial charge in [0.25, 0.3) is 11.5 Å². The molecule has 2 aromatic carbocycles. The number of rotatable bonds is 6. The highest BCUT2D eigenvalue weighted by molar-refractivity contribution is 5.99. The summed E-state index contributed by atoms with van der Waals surface area (Å²) in [6, 6.07) is 13.5. The zero-order valence-corrected chi connectivity index (χ0v) is 20.7. The molecule has 0 radical (unpaired) electrons. The van der Waals surface area contributed by atoms with Crippen molar-refractivity contribution in [2.24, 2.45) is 7.05 Å². The van der Waals surface area contributed by atoms with Crippen molar-refractivity contribution in [2.75, 3.05) is 20.4 Å². The van der Waals surface area contributed by atoms with Gasteiger partial charge in [0.1, 0.15) is 11.3 Å². The molecule has 0 atom stereocenters. The molecule has 0 saturated carbocycles. The van der Waals surface area contributed by atoms with Crippen molar-refractivity contribution in [3.05, 3.63) is 87.0 Å². The molecule has 0 saturated heterocycles. The average Bonchev–Trinajstić information content (AvgIpc) is 3.58. The van der Waals surface area contributed by atoms with E-state index in [1.54, 1.807) is 7.11 Å². The van der Waals surface area contributed by atoms with Gasteiger partial charge in [0.05, 0.1) is 18.9 Å². The third-order valence-electron chi connectivity index (χ3n) is 7.01. The first-order chi connectivity index (χ1) is 18.0. The fourth-order valence-electron chi connectivity index (χ4n) is 5.05. The van der Waals surface area contributed by atoms with Crippen LogP contribution in [0.3, 0.4) is 0 Å². The van der Waals surface area contributed by atoms with Crippen molar-refractivity contribution in [1.82, 2.24) is 24.4 Å². The van der Waals surface area contributed by atoms with Gasteiger partial charge >= 0.3 is 0 Å². The van der Waals surface area contributed by atoms with Crippen LogP contribution in [-0.4, -0.2) is 45.4 Å². The van der Waals surface area contributed by atoms with Crippen molar-refractivity contribution in [3.63, 3.8) is 0 Å². The SMILES string of the molecule is COc1ccc(CN2CCc3c(c(=O)n4ncc(C(=O)NCc5ccc6c(c5)OCO6)c4n3C)C2)cc1. The lowest BCUT2D eigenvalue weighted by molar-refractivity contribution is 0.0952.